The van der Waals surface area contributed by atoms with Crippen molar-refractivity contribution in [3.8, 4) is 0 Å². The number of thioether (sulfide) groups is 1. The average molecular weight is 314 g/mol. The van der Waals surface area contributed by atoms with Crippen molar-refractivity contribution in [2.24, 2.45) is 0 Å². The van der Waals surface area contributed by atoms with Crippen molar-refractivity contribution in [2.75, 3.05) is 13.1 Å². The van der Waals surface area contributed by atoms with Crippen LogP contribution in [0, 0.1) is 5.21 Å². The molecule has 0 bridgehead atoms. The van der Waals surface area contributed by atoms with Crippen LogP contribution in [0.3, 0.4) is 0 Å². The number of hydrogen-bond acceptors (Lipinski definition) is 3. The van der Waals surface area contributed by atoms with Crippen LogP contribution in [0.2, 0.25) is 0 Å². The van der Waals surface area contributed by atoms with E-state index in [0.29, 0.717) is 5.03 Å². The number of hydrogen-bond donors (Lipinski definition) is 0. The molecule has 0 saturated carbocycles. The van der Waals surface area contributed by atoms with Crippen LogP contribution in [0.15, 0.2) is 59.8 Å². The lowest BCUT2D eigenvalue weighted by Gasteiger charge is -2.22. The summed E-state index contributed by atoms with van der Waals surface area (Å²) < 4.78 is 0.817. The number of aromatic nitrogens is 1. The van der Waals surface area contributed by atoms with Gasteiger partial charge in [-0.1, -0.05) is 30.3 Å². The highest BCUT2D eigenvalue weighted by Crippen LogP contribution is 2.35. The highest BCUT2D eigenvalue weighted by molar-refractivity contribution is 8.00. The molecule has 0 aliphatic carbocycles. The second kappa shape index (κ2) is 6.83. The predicted molar refractivity (Wildman–Crippen MR) is 86.3 cm³/mol. The number of pyridine rings is 1. The molecule has 1 fully saturated rings. The molecule has 2 aromatic rings. The van der Waals surface area contributed by atoms with Crippen LogP contribution >= 0.6 is 11.8 Å². The summed E-state index contributed by atoms with van der Waals surface area (Å²) in [6.45, 7) is 1.63. The van der Waals surface area contributed by atoms with Gasteiger partial charge < -0.3 is 10.1 Å². The van der Waals surface area contributed by atoms with Crippen molar-refractivity contribution in [3.05, 3.63) is 65.5 Å². The van der Waals surface area contributed by atoms with E-state index in [4.69, 9.17) is 0 Å². The Morgan fingerprint density at radius 2 is 1.77 bits per heavy atom. The number of carbonyl (C=O) groups excluding carboxylic acids is 1. The van der Waals surface area contributed by atoms with E-state index in [9.17, 15) is 10.0 Å². The topological polar surface area (TPSA) is 47.2 Å². The van der Waals surface area contributed by atoms with Gasteiger partial charge in [-0.2, -0.15) is 4.73 Å². The average Bonchev–Trinajstić information content (AvgIpc) is 3.09. The van der Waals surface area contributed by atoms with Gasteiger partial charge in [0.15, 0.2) is 6.20 Å². The van der Waals surface area contributed by atoms with E-state index in [1.807, 2.05) is 41.3 Å². The zero-order valence-electron chi connectivity index (χ0n) is 12.2. The number of benzene rings is 1. The standard InChI is InChI=1S/C17H18N2O2S/c20-17(18-11-6-7-12-18)16(14-8-2-1-3-9-14)22-15-10-4-5-13-19(15)21/h1-5,8-10,13,16H,6-7,11-12H2. The van der Waals surface area contributed by atoms with Gasteiger partial charge in [0.05, 0.1) is 0 Å². The first-order chi connectivity index (χ1) is 10.8. The Bertz CT molecular complexity index is 642. The van der Waals surface area contributed by atoms with E-state index < -0.39 is 0 Å². The van der Waals surface area contributed by atoms with E-state index in [2.05, 4.69) is 0 Å². The summed E-state index contributed by atoms with van der Waals surface area (Å²) in [6, 6.07) is 14.9. The largest absolute Gasteiger partial charge is 0.618 e. The zero-order chi connectivity index (χ0) is 15.4. The maximum absolute atomic E-state index is 12.9. The van der Waals surface area contributed by atoms with Crippen LogP contribution in [0.5, 0.6) is 0 Å². The molecular weight excluding hydrogens is 296 g/mol. The predicted octanol–water partition coefficient (Wildman–Crippen LogP) is 2.78. The fraction of sp³-hybridized carbons (Fsp3) is 0.294. The molecule has 1 saturated heterocycles. The van der Waals surface area contributed by atoms with Gasteiger partial charge in [-0.15, -0.1) is 0 Å². The number of carbonyl (C=O) groups is 1. The third kappa shape index (κ3) is 3.25. The van der Waals surface area contributed by atoms with E-state index >= 15 is 0 Å². The van der Waals surface area contributed by atoms with Gasteiger partial charge in [0.25, 0.3) is 5.03 Å². The zero-order valence-corrected chi connectivity index (χ0v) is 13.0. The number of likely N-dealkylation sites (tertiary alicyclic amines) is 1. The summed E-state index contributed by atoms with van der Waals surface area (Å²) in [5, 5.41) is 12.1. The molecule has 1 atom stereocenters. The second-order valence-corrected chi connectivity index (χ2v) is 6.43. The van der Waals surface area contributed by atoms with Crippen LogP contribution in [0.25, 0.3) is 0 Å². The Labute approximate surface area is 134 Å². The summed E-state index contributed by atoms with van der Waals surface area (Å²) in [7, 11) is 0. The van der Waals surface area contributed by atoms with Crippen molar-refractivity contribution in [2.45, 2.75) is 23.1 Å². The lowest BCUT2D eigenvalue weighted by Crippen LogP contribution is -2.33. The third-order valence-electron chi connectivity index (χ3n) is 3.77. The molecule has 3 rings (SSSR count). The minimum Gasteiger partial charge on any atom is -0.618 e. The first-order valence-corrected chi connectivity index (χ1v) is 8.32. The molecule has 1 aliphatic rings. The van der Waals surface area contributed by atoms with Crippen LogP contribution in [0.1, 0.15) is 23.7 Å². The normalized spacial score (nSPS) is 15.7. The van der Waals surface area contributed by atoms with Gasteiger partial charge in [0.1, 0.15) is 5.25 Å². The molecule has 1 aliphatic heterocycles. The number of rotatable bonds is 4. The lowest BCUT2D eigenvalue weighted by atomic mass is 10.1. The van der Waals surface area contributed by atoms with Crippen molar-refractivity contribution in [1.29, 1.82) is 0 Å². The molecule has 1 unspecified atom stereocenters. The minimum absolute atomic E-state index is 0.0950. The van der Waals surface area contributed by atoms with Crippen LogP contribution in [-0.2, 0) is 4.79 Å². The van der Waals surface area contributed by atoms with E-state index in [0.717, 1.165) is 36.2 Å². The molecule has 0 N–H and O–H groups in total. The quantitative estimate of drug-likeness (QED) is 0.495. The molecule has 1 aromatic carbocycles. The van der Waals surface area contributed by atoms with Crippen molar-refractivity contribution >= 4 is 17.7 Å². The molecule has 0 spiro atoms. The number of amides is 1. The molecule has 4 nitrogen and oxygen atoms in total. The molecule has 0 radical (unpaired) electrons. The van der Waals surface area contributed by atoms with Crippen molar-refractivity contribution in [3.63, 3.8) is 0 Å². The molecule has 22 heavy (non-hydrogen) atoms. The molecule has 114 valence electrons. The number of nitrogens with zero attached hydrogens (tertiary/aromatic N) is 2. The summed E-state index contributed by atoms with van der Waals surface area (Å²) in [4.78, 5) is 14.8. The second-order valence-electron chi connectivity index (χ2n) is 5.31. The molecule has 5 heteroatoms. The Morgan fingerprint density at radius 3 is 2.45 bits per heavy atom. The highest BCUT2D eigenvalue weighted by atomic mass is 32.2. The maximum atomic E-state index is 12.9. The van der Waals surface area contributed by atoms with Gasteiger partial charge in [-0.05, 0) is 36.2 Å². The summed E-state index contributed by atoms with van der Waals surface area (Å²) in [5.41, 5.74) is 0.938. The van der Waals surface area contributed by atoms with Crippen molar-refractivity contribution in [1.82, 2.24) is 4.90 Å². The Hall–Kier alpha value is -2.01. The van der Waals surface area contributed by atoms with E-state index in [-0.39, 0.29) is 11.2 Å². The molecule has 1 amide bonds. The lowest BCUT2D eigenvalue weighted by molar-refractivity contribution is -0.645. The van der Waals surface area contributed by atoms with E-state index in [1.54, 1.807) is 12.1 Å². The summed E-state index contributed by atoms with van der Waals surface area (Å²) in [5.74, 6) is 0.0950. The van der Waals surface area contributed by atoms with E-state index in [1.165, 1.54) is 18.0 Å². The van der Waals surface area contributed by atoms with Crippen LogP contribution in [-0.4, -0.2) is 23.9 Å². The SMILES string of the molecule is O=C(C(Sc1cccc[n+]1[O-])c1ccccc1)N1CCCC1. The first kappa shape index (κ1) is 14.9. The minimum atomic E-state index is -0.373. The fourth-order valence-electron chi connectivity index (χ4n) is 2.62. The van der Waals surface area contributed by atoms with Gasteiger partial charge in [-0.3, -0.25) is 4.79 Å². The molecule has 2 heterocycles. The van der Waals surface area contributed by atoms with Gasteiger partial charge in [0.2, 0.25) is 5.91 Å². The molecular formula is C17H18N2O2S. The monoisotopic (exact) mass is 314 g/mol. The Morgan fingerprint density at radius 1 is 1.09 bits per heavy atom. The fourth-order valence-corrected chi connectivity index (χ4v) is 3.72. The maximum Gasteiger partial charge on any atom is 0.252 e. The summed E-state index contributed by atoms with van der Waals surface area (Å²) >= 11 is 1.32. The van der Waals surface area contributed by atoms with Gasteiger partial charge >= 0.3 is 0 Å². The van der Waals surface area contributed by atoms with Gasteiger partial charge in [-0.25, -0.2) is 0 Å². The van der Waals surface area contributed by atoms with Gasteiger partial charge in [0, 0.05) is 25.2 Å². The third-order valence-corrected chi connectivity index (χ3v) is 5.04. The Balaban J connectivity index is 1.89. The van der Waals surface area contributed by atoms with Crippen LogP contribution in [0.4, 0.5) is 0 Å². The first-order valence-electron chi connectivity index (χ1n) is 7.44. The smallest absolute Gasteiger partial charge is 0.252 e. The Kier molecular flexibility index (Phi) is 4.63. The van der Waals surface area contributed by atoms with Crippen molar-refractivity contribution < 1.29 is 9.52 Å². The van der Waals surface area contributed by atoms with Crippen LogP contribution < -0.4 is 4.73 Å². The molecule has 1 aromatic heterocycles. The summed E-state index contributed by atoms with van der Waals surface area (Å²) in [6.07, 6.45) is 3.58. The highest BCUT2D eigenvalue weighted by Gasteiger charge is 2.30.